The summed E-state index contributed by atoms with van der Waals surface area (Å²) in [5.74, 6) is 0.337. The quantitative estimate of drug-likeness (QED) is 0.498. The lowest BCUT2D eigenvalue weighted by atomic mass is 10.2. The molecule has 1 atom stereocenters. The molecule has 1 unspecified atom stereocenters. The lowest BCUT2D eigenvalue weighted by Crippen LogP contribution is -2.42. The summed E-state index contributed by atoms with van der Waals surface area (Å²) in [4.78, 5) is 11.7. The molecule has 0 saturated heterocycles. The van der Waals surface area contributed by atoms with Crippen LogP contribution in [0, 0.1) is 5.92 Å². The molecule has 0 aromatic carbocycles. The minimum atomic E-state index is -0.262. The summed E-state index contributed by atoms with van der Waals surface area (Å²) >= 11 is 0. The zero-order valence-corrected chi connectivity index (χ0v) is 11.8. The standard InChI is InChI=1S/C13H27NO3/c1-6-17-13(15)12(14-11(4)5)7-8-16-9-10(2)3/h10-12,14H,6-9H2,1-5H3. The summed E-state index contributed by atoms with van der Waals surface area (Å²) in [7, 11) is 0. The number of carbonyl (C=O) groups is 1. The number of rotatable bonds is 9. The Morgan fingerprint density at radius 1 is 1.24 bits per heavy atom. The van der Waals surface area contributed by atoms with E-state index in [4.69, 9.17) is 9.47 Å². The molecular weight excluding hydrogens is 218 g/mol. The van der Waals surface area contributed by atoms with Crippen LogP contribution in [0.5, 0.6) is 0 Å². The zero-order valence-electron chi connectivity index (χ0n) is 11.8. The molecule has 0 saturated carbocycles. The first-order chi connectivity index (χ1) is 7.97. The Labute approximate surface area is 105 Å². The van der Waals surface area contributed by atoms with Crippen LogP contribution in [0.15, 0.2) is 0 Å². The van der Waals surface area contributed by atoms with Gasteiger partial charge in [-0.25, -0.2) is 0 Å². The molecule has 0 radical (unpaired) electrons. The SMILES string of the molecule is CCOC(=O)C(CCOCC(C)C)NC(C)C. The fraction of sp³-hybridized carbons (Fsp3) is 0.923. The van der Waals surface area contributed by atoms with E-state index in [0.717, 1.165) is 6.61 Å². The van der Waals surface area contributed by atoms with Crippen LogP contribution in [0.25, 0.3) is 0 Å². The van der Waals surface area contributed by atoms with Crippen molar-refractivity contribution >= 4 is 5.97 Å². The van der Waals surface area contributed by atoms with E-state index in [-0.39, 0.29) is 18.1 Å². The Kier molecular flexibility index (Phi) is 9.09. The molecule has 0 aliphatic rings. The summed E-state index contributed by atoms with van der Waals surface area (Å²) in [6.07, 6.45) is 0.656. The predicted octanol–water partition coefficient (Wildman–Crippen LogP) is 1.98. The van der Waals surface area contributed by atoms with E-state index in [0.29, 0.717) is 25.6 Å². The van der Waals surface area contributed by atoms with Crippen molar-refractivity contribution in [2.45, 2.75) is 53.1 Å². The lowest BCUT2D eigenvalue weighted by Gasteiger charge is -2.19. The maximum absolute atomic E-state index is 11.7. The third kappa shape index (κ3) is 9.12. The van der Waals surface area contributed by atoms with Crippen LogP contribution in [0.1, 0.15) is 41.0 Å². The number of ether oxygens (including phenoxy) is 2. The molecule has 0 bridgehead atoms. The molecule has 4 nitrogen and oxygen atoms in total. The van der Waals surface area contributed by atoms with Crippen LogP contribution >= 0.6 is 0 Å². The minimum Gasteiger partial charge on any atom is -0.465 e. The number of carbonyl (C=O) groups excluding carboxylic acids is 1. The van der Waals surface area contributed by atoms with E-state index >= 15 is 0 Å². The van der Waals surface area contributed by atoms with Crippen LogP contribution in [-0.4, -0.2) is 37.9 Å². The average molecular weight is 245 g/mol. The van der Waals surface area contributed by atoms with Gasteiger partial charge >= 0.3 is 5.97 Å². The van der Waals surface area contributed by atoms with Crippen molar-refractivity contribution in [3.63, 3.8) is 0 Å². The van der Waals surface area contributed by atoms with E-state index in [1.54, 1.807) is 0 Å². The largest absolute Gasteiger partial charge is 0.465 e. The number of hydrogen-bond acceptors (Lipinski definition) is 4. The summed E-state index contributed by atoms with van der Waals surface area (Å²) in [6, 6.07) is -0.00313. The van der Waals surface area contributed by atoms with Crippen molar-refractivity contribution in [1.29, 1.82) is 0 Å². The van der Waals surface area contributed by atoms with Gasteiger partial charge in [-0.3, -0.25) is 4.79 Å². The minimum absolute atomic E-state index is 0.186. The van der Waals surface area contributed by atoms with Gasteiger partial charge in [0.2, 0.25) is 0 Å². The van der Waals surface area contributed by atoms with Crippen LogP contribution in [0.4, 0.5) is 0 Å². The molecule has 0 heterocycles. The van der Waals surface area contributed by atoms with Crippen LogP contribution in [0.2, 0.25) is 0 Å². The third-order valence-corrected chi connectivity index (χ3v) is 2.11. The maximum atomic E-state index is 11.7. The maximum Gasteiger partial charge on any atom is 0.323 e. The molecule has 0 aliphatic heterocycles. The van der Waals surface area contributed by atoms with Gasteiger partial charge in [0.05, 0.1) is 6.61 Å². The molecule has 0 aromatic rings. The highest BCUT2D eigenvalue weighted by molar-refractivity contribution is 5.75. The Morgan fingerprint density at radius 3 is 2.35 bits per heavy atom. The molecule has 102 valence electrons. The Balaban J connectivity index is 3.97. The molecule has 4 heteroatoms. The molecule has 0 aliphatic carbocycles. The summed E-state index contributed by atoms with van der Waals surface area (Å²) < 4.78 is 10.5. The van der Waals surface area contributed by atoms with Gasteiger partial charge < -0.3 is 14.8 Å². The van der Waals surface area contributed by atoms with Gasteiger partial charge in [0.15, 0.2) is 0 Å². The predicted molar refractivity (Wildman–Crippen MR) is 69.0 cm³/mol. The fourth-order valence-corrected chi connectivity index (χ4v) is 1.43. The van der Waals surface area contributed by atoms with Gasteiger partial charge in [-0.2, -0.15) is 0 Å². The second-order valence-electron chi connectivity index (χ2n) is 4.88. The van der Waals surface area contributed by atoms with Crippen molar-refractivity contribution in [3.05, 3.63) is 0 Å². The van der Waals surface area contributed by atoms with Crippen molar-refractivity contribution in [3.8, 4) is 0 Å². The van der Waals surface area contributed by atoms with Gasteiger partial charge in [0.25, 0.3) is 0 Å². The Hall–Kier alpha value is -0.610. The normalized spacial score (nSPS) is 13.1. The first kappa shape index (κ1) is 16.4. The highest BCUT2D eigenvalue weighted by Crippen LogP contribution is 2.01. The zero-order chi connectivity index (χ0) is 13.3. The van der Waals surface area contributed by atoms with Gasteiger partial charge in [-0.15, -0.1) is 0 Å². The molecule has 0 fully saturated rings. The van der Waals surface area contributed by atoms with Gasteiger partial charge in [0, 0.05) is 19.3 Å². The van der Waals surface area contributed by atoms with E-state index < -0.39 is 0 Å². The number of hydrogen-bond donors (Lipinski definition) is 1. The molecule has 0 rings (SSSR count). The number of esters is 1. The Bertz CT molecular complexity index is 205. The monoisotopic (exact) mass is 245 g/mol. The van der Waals surface area contributed by atoms with Crippen molar-refractivity contribution in [1.82, 2.24) is 5.32 Å². The fourth-order valence-electron chi connectivity index (χ4n) is 1.43. The molecule has 0 spiro atoms. The highest BCUT2D eigenvalue weighted by Gasteiger charge is 2.19. The molecule has 1 N–H and O–H groups in total. The van der Waals surface area contributed by atoms with Gasteiger partial charge in [-0.05, 0) is 19.3 Å². The van der Waals surface area contributed by atoms with E-state index in [1.807, 2.05) is 20.8 Å². The molecule has 0 aromatic heterocycles. The molecular formula is C13H27NO3. The Morgan fingerprint density at radius 2 is 1.88 bits per heavy atom. The van der Waals surface area contributed by atoms with Gasteiger partial charge in [-0.1, -0.05) is 27.7 Å². The van der Waals surface area contributed by atoms with Crippen LogP contribution < -0.4 is 5.32 Å². The second-order valence-corrected chi connectivity index (χ2v) is 4.88. The van der Waals surface area contributed by atoms with Crippen LogP contribution in [0.3, 0.4) is 0 Å². The third-order valence-electron chi connectivity index (χ3n) is 2.11. The van der Waals surface area contributed by atoms with Crippen LogP contribution in [-0.2, 0) is 14.3 Å². The van der Waals surface area contributed by atoms with Gasteiger partial charge in [0.1, 0.15) is 6.04 Å². The summed E-state index contributed by atoms with van der Waals surface area (Å²) in [5, 5.41) is 3.20. The second kappa shape index (κ2) is 9.42. The topological polar surface area (TPSA) is 47.6 Å². The summed E-state index contributed by atoms with van der Waals surface area (Å²) in [5.41, 5.74) is 0. The molecule has 17 heavy (non-hydrogen) atoms. The van der Waals surface area contributed by atoms with E-state index in [2.05, 4.69) is 19.2 Å². The first-order valence-electron chi connectivity index (χ1n) is 6.47. The highest BCUT2D eigenvalue weighted by atomic mass is 16.5. The first-order valence-corrected chi connectivity index (χ1v) is 6.47. The van der Waals surface area contributed by atoms with Crippen molar-refractivity contribution in [2.75, 3.05) is 19.8 Å². The average Bonchev–Trinajstić information content (AvgIpc) is 2.22. The van der Waals surface area contributed by atoms with E-state index in [9.17, 15) is 4.79 Å². The number of nitrogens with one attached hydrogen (secondary N) is 1. The van der Waals surface area contributed by atoms with E-state index in [1.165, 1.54) is 0 Å². The lowest BCUT2D eigenvalue weighted by molar-refractivity contribution is -0.146. The summed E-state index contributed by atoms with van der Waals surface area (Å²) in [6.45, 7) is 11.8. The van der Waals surface area contributed by atoms with Crippen molar-refractivity contribution < 1.29 is 14.3 Å². The molecule has 0 amide bonds. The van der Waals surface area contributed by atoms with Crippen molar-refractivity contribution in [2.24, 2.45) is 5.92 Å². The smallest absolute Gasteiger partial charge is 0.323 e.